The first kappa shape index (κ1) is 8.85. The van der Waals surface area contributed by atoms with Gasteiger partial charge < -0.3 is 5.32 Å². The summed E-state index contributed by atoms with van der Waals surface area (Å²) in [4.78, 5) is 8.85. The topological polar surface area (TPSA) is 42.2 Å². The van der Waals surface area contributed by atoms with Crippen molar-refractivity contribution in [1.29, 1.82) is 0 Å². The van der Waals surface area contributed by atoms with Gasteiger partial charge in [0.05, 0.1) is 5.69 Å². The lowest BCUT2D eigenvalue weighted by molar-refractivity contribution is 0.741. The van der Waals surface area contributed by atoms with Crippen LogP contribution in [-0.4, -0.2) is 27.5 Å². The van der Waals surface area contributed by atoms with Gasteiger partial charge in [0.25, 0.3) is 0 Å². The van der Waals surface area contributed by atoms with E-state index in [0.717, 1.165) is 30.1 Å². The quantitative estimate of drug-likeness (QED) is 0.753. The first-order valence-electron chi connectivity index (χ1n) is 5.35. The van der Waals surface area contributed by atoms with E-state index >= 15 is 0 Å². The van der Waals surface area contributed by atoms with Crippen LogP contribution >= 0.6 is 0 Å². The zero-order valence-electron chi connectivity index (χ0n) is 8.77. The van der Waals surface area contributed by atoms with Crippen molar-refractivity contribution in [2.24, 2.45) is 0 Å². The van der Waals surface area contributed by atoms with Crippen molar-refractivity contribution in [3.8, 4) is 0 Å². The first-order chi connectivity index (χ1) is 7.33. The molecule has 2 aromatic rings. The number of rotatable bonds is 1. The van der Waals surface area contributed by atoms with E-state index in [4.69, 9.17) is 0 Å². The smallest absolute Gasteiger partial charge is 0.233 e. The van der Waals surface area contributed by atoms with Gasteiger partial charge in [-0.1, -0.05) is 0 Å². The van der Waals surface area contributed by atoms with Crippen molar-refractivity contribution < 1.29 is 0 Å². The first-order valence-corrected chi connectivity index (χ1v) is 5.35. The fourth-order valence-corrected chi connectivity index (χ4v) is 2.11. The monoisotopic (exact) mass is 202 g/mol. The third-order valence-electron chi connectivity index (χ3n) is 2.94. The summed E-state index contributed by atoms with van der Waals surface area (Å²) in [7, 11) is 0. The maximum Gasteiger partial charge on any atom is 0.233 e. The molecular weight excluding hydrogens is 188 g/mol. The number of aromatic nitrogens is 3. The van der Waals surface area contributed by atoms with E-state index in [2.05, 4.69) is 27.7 Å². The van der Waals surface area contributed by atoms with Crippen molar-refractivity contribution in [3.63, 3.8) is 0 Å². The molecule has 15 heavy (non-hydrogen) atoms. The molecule has 0 spiro atoms. The molecule has 78 valence electrons. The van der Waals surface area contributed by atoms with E-state index in [0.29, 0.717) is 5.92 Å². The van der Waals surface area contributed by atoms with Crippen LogP contribution in [0.15, 0.2) is 18.6 Å². The highest BCUT2D eigenvalue weighted by Crippen LogP contribution is 2.21. The van der Waals surface area contributed by atoms with Gasteiger partial charge in [-0.25, -0.2) is 9.97 Å². The van der Waals surface area contributed by atoms with Crippen LogP contribution in [0.2, 0.25) is 0 Å². The second kappa shape index (κ2) is 3.31. The lowest BCUT2D eigenvalue weighted by atomic mass is 10.1. The Morgan fingerprint density at radius 2 is 2.40 bits per heavy atom. The van der Waals surface area contributed by atoms with E-state index in [9.17, 15) is 0 Å². The van der Waals surface area contributed by atoms with Crippen LogP contribution in [0.4, 0.5) is 0 Å². The second-order valence-electron chi connectivity index (χ2n) is 4.19. The normalized spacial score (nSPS) is 21.3. The summed E-state index contributed by atoms with van der Waals surface area (Å²) in [6, 6.07) is 0. The van der Waals surface area contributed by atoms with Crippen molar-refractivity contribution in [3.05, 3.63) is 29.8 Å². The molecule has 2 aromatic heterocycles. The second-order valence-corrected chi connectivity index (χ2v) is 4.19. The SMILES string of the molecule is Cc1cnc2nc(C3CCNC3)cn2c1. The molecule has 0 aromatic carbocycles. The van der Waals surface area contributed by atoms with Crippen LogP contribution in [0.3, 0.4) is 0 Å². The summed E-state index contributed by atoms with van der Waals surface area (Å²) in [6.45, 7) is 4.19. The molecule has 3 rings (SSSR count). The van der Waals surface area contributed by atoms with Crippen LogP contribution in [0, 0.1) is 6.92 Å². The zero-order chi connectivity index (χ0) is 10.3. The largest absolute Gasteiger partial charge is 0.316 e. The van der Waals surface area contributed by atoms with E-state index in [1.807, 2.05) is 17.5 Å². The Morgan fingerprint density at radius 3 is 3.20 bits per heavy atom. The minimum atomic E-state index is 0.562. The zero-order valence-corrected chi connectivity index (χ0v) is 8.77. The fraction of sp³-hybridized carbons (Fsp3) is 0.455. The molecule has 1 aliphatic heterocycles. The highest BCUT2D eigenvalue weighted by Gasteiger charge is 2.19. The molecule has 1 aliphatic rings. The molecule has 1 unspecified atom stereocenters. The van der Waals surface area contributed by atoms with Crippen molar-refractivity contribution in [1.82, 2.24) is 19.7 Å². The molecule has 0 aliphatic carbocycles. The van der Waals surface area contributed by atoms with Gasteiger partial charge >= 0.3 is 0 Å². The minimum Gasteiger partial charge on any atom is -0.316 e. The molecule has 1 fully saturated rings. The van der Waals surface area contributed by atoms with Gasteiger partial charge in [0.15, 0.2) is 0 Å². The van der Waals surface area contributed by atoms with Gasteiger partial charge in [-0.15, -0.1) is 0 Å². The van der Waals surface area contributed by atoms with Gasteiger partial charge in [-0.05, 0) is 25.5 Å². The van der Waals surface area contributed by atoms with Crippen molar-refractivity contribution in [2.45, 2.75) is 19.3 Å². The molecule has 4 nitrogen and oxygen atoms in total. The lowest BCUT2D eigenvalue weighted by Gasteiger charge is -2.01. The van der Waals surface area contributed by atoms with Crippen LogP contribution in [0.25, 0.3) is 5.78 Å². The summed E-state index contributed by atoms with van der Waals surface area (Å²) in [5, 5.41) is 3.36. The standard InChI is InChI=1S/C11H14N4/c1-8-4-13-11-14-10(7-15(11)6-8)9-2-3-12-5-9/h4,6-7,9,12H,2-3,5H2,1H3. The molecule has 3 heterocycles. The van der Waals surface area contributed by atoms with Crippen LogP contribution < -0.4 is 5.32 Å². The Hall–Kier alpha value is -1.42. The maximum atomic E-state index is 4.55. The van der Waals surface area contributed by atoms with E-state index < -0.39 is 0 Å². The Labute approximate surface area is 88.4 Å². The van der Waals surface area contributed by atoms with Gasteiger partial charge in [0.1, 0.15) is 0 Å². The maximum absolute atomic E-state index is 4.55. The van der Waals surface area contributed by atoms with E-state index in [1.165, 1.54) is 6.42 Å². The minimum absolute atomic E-state index is 0.562. The van der Waals surface area contributed by atoms with Crippen molar-refractivity contribution in [2.75, 3.05) is 13.1 Å². The van der Waals surface area contributed by atoms with E-state index in [-0.39, 0.29) is 0 Å². The molecule has 0 bridgehead atoms. The Morgan fingerprint density at radius 1 is 1.47 bits per heavy atom. The number of hydrogen-bond acceptors (Lipinski definition) is 3. The highest BCUT2D eigenvalue weighted by molar-refractivity contribution is 5.33. The number of nitrogens with one attached hydrogen (secondary N) is 1. The molecule has 0 radical (unpaired) electrons. The fourth-order valence-electron chi connectivity index (χ4n) is 2.11. The predicted octanol–water partition coefficient (Wildman–Crippen LogP) is 1.11. The third kappa shape index (κ3) is 1.51. The van der Waals surface area contributed by atoms with Gasteiger partial charge in [-0.2, -0.15) is 0 Å². The predicted molar refractivity (Wildman–Crippen MR) is 58.0 cm³/mol. The Bertz CT molecular complexity index is 482. The number of aryl methyl sites for hydroxylation is 1. The van der Waals surface area contributed by atoms with Gasteiger partial charge in [0, 0.05) is 31.1 Å². The molecule has 1 atom stereocenters. The molecule has 0 saturated carbocycles. The van der Waals surface area contributed by atoms with Gasteiger partial charge in [-0.3, -0.25) is 4.40 Å². The van der Waals surface area contributed by atoms with Crippen LogP contribution in [-0.2, 0) is 0 Å². The lowest BCUT2D eigenvalue weighted by Crippen LogP contribution is -2.08. The molecule has 0 amide bonds. The summed E-state index contributed by atoms with van der Waals surface area (Å²) < 4.78 is 2.02. The summed E-state index contributed by atoms with van der Waals surface area (Å²) in [5.74, 6) is 1.37. The molecule has 1 saturated heterocycles. The third-order valence-corrected chi connectivity index (χ3v) is 2.94. The van der Waals surface area contributed by atoms with Crippen molar-refractivity contribution >= 4 is 5.78 Å². The van der Waals surface area contributed by atoms with E-state index in [1.54, 1.807) is 0 Å². The molecule has 1 N–H and O–H groups in total. The Balaban J connectivity index is 2.05. The number of imidazole rings is 1. The van der Waals surface area contributed by atoms with Crippen LogP contribution in [0.1, 0.15) is 23.6 Å². The molecule has 4 heteroatoms. The number of nitrogens with zero attached hydrogens (tertiary/aromatic N) is 3. The average Bonchev–Trinajstić information content (AvgIpc) is 2.84. The average molecular weight is 202 g/mol. The summed E-state index contributed by atoms with van der Waals surface area (Å²) in [5.41, 5.74) is 2.33. The number of fused-ring (bicyclic) bond motifs is 1. The summed E-state index contributed by atoms with van der Waals surface area (Å²) in [6.07, 6.45) is 7.22. The number of hydrogen-bond donors (Lipinski definition) is 1. The summed E-state index contributed by atoms with van der Waals surface area (Å²) >= 11 is 0. The van der Waals surface area contributed by atoms with Gasteiger partial charge in [0.2, 0.25) is 5.78 Å². The highest BCUT2D eigenvalue weighted by atomic mass is 15.1. The van der Waals surface area contributed by atoms with Crippen LogP contribution in [0.5, 0.6) is 0 Å². The Kier molecular flexibility index (Phi) is 1.95. The molecular formula is C11H14N4.